The Bertz CT molecular complexity index is 1540. The molecule has 0 N–H and O–H groups in total. The Balaban J connectivity index is 1.50. The Labute approximate surface area is 243 Å². The third kappa shape index (κ3) is 4.73. The van der Waals surface area contributed by atoms with Gasteiger partial charge in [0.1, 0.15) is 6.29 Å². The van der Waals surface area contributed by atoms with Gasteiger partial charge in [0, 0.05) is 42.9 Å². The van der Waals surface area contributed by atoms with E-state index in [4.69, 9.17) is 0 Å². The highest BCUT2D eigenvalue weighted by atomic mass is 32.2. The zero-order valence-electron chi connectivity index (χ0n) is 24.0. The molecule has 3 nitrogen and oxygen atoms in total. The number of hydrogen-bond acceptors (Lipinski definition) is 4. The lowest BCUT2D eigenvalue weighted by atomic mass is 9.81. The molecule has 1 saturated heterocycles. The van der Waals surface area contributed by atoms with Crippen molar-refractivity contribution in [1.82, 2.24) is 0 Å². The molecule has 0 radical (unpaired) electrons. The van der Waals surface area contributed by atoms with Crippen LogP contribution < -0.4 is 9.21 Å². The van der Waals surface area contributed by atoms with Gasteiger partial charge in [-0.15, -0.1) is 0 Å². The number of carbonyl (C=O) groups is 1. The molecule has 204 valence electrons. The number of hydrogen-bond donors (Lipinski definition) is 0. The molecule has 1 atom stereocenters. The van der Waals surface area contributed by atoms with Crippen molar-refractivity contribution in [2.75, 3.05) is 28.6 Å². The van der Waals surface area contributed by atoms with Crippen molar-refractivity contribution >= 4 is 29.6 Å². The van der Waals surface area contributed by atoms with Gasteiger partial charge in [0.15, 0.2) is 0 Å². The summed E-state index contributed by atoms with van der Waals surface area (Å²) >= 11 is 1.77. The summed E-state index contributed by atoms with van der Waals surface area (Å²) in [5.41, 5.74) is 15.3. The number of benzene rings is 4. The second kappa shape index (κ2) is 11.2. The molecule has 40 heavy (non-hydrogen) atoms. The van der Waals surface area contributed by atoms with Gasteiger partial charge < -0.3 is 14.0 Å². The fourth-order valence-corrected chi connectivity index (χ4v) is 7.55. The Kier molecular flexibility index (Phi) is 7.46. The van der Waals surface area contributed by atoms with E-state index in [0.29, 0.717) is 12.3 Å². The van der Waals surface area contributed by atoms with Crippen molar-refractivity contribution in [3.05, 3.63) is 106 Å². The Hall–Kier alpha value is -3.50. The van der Waals surface area contributed by atoms with E-state index < -0.39 is 0 Å². The van der Waals surface area contributed by atoms with Gasteiger partial charge in [0.25, 0.3) is 0 Å². The quantitative estimate of drug-likeness (QED) is 0.178. The smallest absolute Gasteiger partial charge is 0.124 e. The maximum absolute atomic E-state index is 11.9. The van der Waals surface area contributed by atoms with E-state index in [1.54, 1.807) is 11.9 Å². The van der Waals surface area contributed by atoms with Crippen molar-refractivity contribution in [2.45, 2.75) is 52.5 Å². The minimum Gasteiger partial charge on any atom is -0.371 e. The van der Waals surface area contributed by atoms with E-state index in [2.05, 4.69) is 109 Å². The topological polar surface area (TPSA) is 23.6 Å². The van der Waals surface area contributed by atoms with Crippen molar-refractivity contribution < 1.29 is 4.79 Å². The standard InChI is InChI=1S/C36H38N2OS/c1-24-12-14-28(15-13-24)34-26(3)35-33-21-31(37-19-8-11-29(22-37)27-9-6-5-7-10-27)17-16-30(33)23-38(40-4)36(35)25(2)32(34)18-20-39/h5-7,9-10,12-17,20-21,29H,8,11,18-19,22-23H2,1-4H3/t29-/m0/s1. The maximum Gasteiger partial charge on any atom is 0.124 e. The number of aldehydes is 1. The average molecular weight is 547 g/mol. The highest BCUT2D eigenvalue weighted by molar-refractivity contribution is 7.99. The van der Waals surface area contributed by atoms with Gasteiger partial charge in [-0.3, -0.25) is 0 Å². The molecule has 6 rings (SSSR count). The predicted octanol–water partition coefficient (Wildman–Crippen LogP) is 8.67. The number of carbonyl (C=O) groups excluding carboxylic acids is 1. The largest absolute Gasteiger partial charge is 0.371 e. The summed E-state index contributed by atoms with van der Waals surface area (Å²) < 4.78 is 2.42. The molecular formula is C36H38N2OS. The third-order valence-corrected chi connectivity index (χ3v) is 9.68. The van der Waals surface area contributed by atoms with Crippen LogP contribution in [0.5, 0.6) is 0 Å². The van der Waals surface area contributed by atoms with Gasteiger partial charge in [0.05, 0.1) is 12.2 Å². The van der Waals surface area contributed by atoms with Crippen LogP contribution in [0.2, 0.25) is 0 Å². The Morgan fingerprint density at radius 2 is 1.70 bits per heavy atom. The number of rotatable bonds is 6. The average Bonchev–Trinajstić information content (AvgIpc) is 3.00. The molecule has 2 heterocycles. The zero-order chi connectivity index (χ0) is 27.8. The molecule has 0 bridgehead atoms. The second-order valence-electron chi connectivity index (χ2n) is 11.3. The summed E-state index contributed by atoms with van der Waals surface area (Å²) in [4.78, 5) is 14.5. The molecule has 1 fully saturated rings. The van der Waals surface area contributed by atoms with Gasteiger partial charge in [0.2, 0.25) is 0 Å². The summed E-state index contributed by atoms with van der Waals surface area (Å²) in [5, 5.41) is 0. The van der Waals surface area contributed by atoms with E-state index in [1.165, 1.54) is 74.3 Å². The number of piperidine rings is 1. The highest BCUT2D eigenvalue weighted by Crippen LogP contribution is 2.51. The summed E-state index contributed by atoms with van der Waals surface area (Å²) in [7, 11) is 0. The molecule has 0 saturated carbocycles. The van der Waals surface area contributed by atoms with Crippen LogP contribution in [0.25, 0.3) is 22.3 Å². The SMILES string of the molecule is CSN1Cc2ccc(N3CCC[C@H](c4ccccc4)C3)cc2-c2c(C)c(-c3ccc(C)cc3)c(CC=O)c(C)c21. The minimum absolute atomic E-state index is 0.424. The molecule has 0 aromatic heterocycles. The molecule has 2 aliphatic heterocycles. The fourth-order valence-electron chi connectivity index (χ4n) is 6.87. The zero-order valence-corrected chi connectivity index (χ0v) is 24.9. The van der Waals surface area contributed by atoms with E-state index >= 15 is 0 Å². The van der Waals surface area contributed by atoms with Gasteiger partial charge in [-0.2, -0.15) is 0 Å². The minimum atomic E-state index is 0.424. The van der Waals surface area contributed by atoms with Crippen LogP contribution in [0, 0.1) is 20.8 Å². The molecule has 0 amide bonds. The van der Waals surface area contributed by atoms with Crippen LogP contribution in [0.15, 0.2) is 72.8 Å². The molecule has 0 unspecified atom stereocenters. The number of anilines is 2. The third-order valence-electron chi connectivity index (χ3n) is 8.93. The van der Waals surface area contributed by atoms with Gasteiger partial charge in [-0.25, -0.2) is 0 Å². The summed E-state index contributed by atoms with van der Waals surface area (Å²) in [6, 6.07) is 26.9. The summed E-state index contributed by atoms with van der Waals surface area (Å²) in [5.74, 6) is 0.563. The molecule has 4 aromatic rings. The van der Waals surface area contributed by atoms with E-state index in [9.17, 15) is 4.79 Å². The van der Waals surface area contributed by atoms with E-state index in [1.807, 2.05) is 0 Å². The molecule has 2 aliphatic rings. The first-order valence-electron chi connectivity index (χ1n) is 14.4. The molecule has 0 aliphatic carbocycles. The maximum atomic E-state index is 11.9. The van der Waals surface area contributed by atoms with Crippen LogP contribution in [-0.4, -0.2) is 25.6 Å². The number of aryl methyl sites for hydroxylation is 1. The lowest BCUT2D eigenvalue weighted by Gasteiger charge is -2.38. The number of fused-ring (bicyclic) bond motifs is 3. The van der Waals surface area contributed by atoms with Crippen LogP contribution in [0.3, 0.4) is 0 Å². The predicted molar refractivity (Wildman–Crippen MR) is 172 cm³/mol. The molecule has 4 aromatic carbocycles. The normalized spacial score (nSPS) is 16.4. The monoisotopic (exact) mass is 546 g/mol. The van der Waals surface area contributed by atoms with Crippen LogP contribution in [0.1, 0.15) is 52.1 Å². The van der Waals surface area contributed by atoms with Crippen LogP contribution >= 0.6 is 11.9 Å². The Morgan fingerprint density at radius 3 is 2.42 bits per heavy atom. The first kappa shape index (κ1) is 26.7. The lowest BCUT2D eigenvalue weighted by Crippen LogP contribution is -2.34. The van der Waals surface area contributed by atoms with Crippen LogP contribution in [-0.2, 0) is 17.8 Å². The first-order valence-corrected chi connectivity index (χ1v) is 15.6. The van der Waals surface area contributed by atoms with Crippen molar-refractivity contribution in [1.29, 1.82) is 0 Å². The van der Waals surface area contributed by atoms with E-state index in [0.717, 1.165) is 31.5 Å². The van der Waals surface area contributed by atoms with Crippen molar-refractivity contribution in [3.63, 3.8) is 0 Å². The molecule has 4 heteroatoms. The van der Waals surface area contributed by atoms with Gasteiger partial charge in [-0.05, 0) is 90.3 Å². The molecular weight excluding hydrogens is 508 g/mol. The van der Waals surface area contributed by atoms with Crippen molar-refractivity contribution in [3.8, 4) is 22.3 Å². The summed E-state index contributed by atoms with van der Waals surface area (Å²) in [6.45, 7) is 9.60. The number of nitrogens with zero attached hydrogens (tertiary/aromatic N) is 2. The van der Waals surface area contributed by atoms with Crippen molar-refractivity contribution in [2.24, 2.45) is 0 Å². The lowest BCUT2D eigenvalue weighted by molar-refractivity contribution is -0.107. The van der Waals surface area contributed by atoms with Gasteiger partial charge >= 0.3 is 0 Å². The highest BCUT2D eigenvalue weighted by Gasteiger charge is 2.31. The summed E-state index contributed by atoms with van der Waals surface area (Å²) in [6.07, 6.45) is 6.09. The Morgan fingerprint density at radius 1 is 0.925 bits per heavy atom. The van der Waals surface area contributed by atoms with Gasteiger partial charge in [-0.1, -0.05) is 78.2 Å². The second-order valence-corrected chi connectivity index (χ2v) is 12.1. The van der Waals surface area contributed by atoms with E-state index in [-0.39, 0.29) is 0 Å². The fraction of sp³-hybridized carbons (Fsp3) is 0.306. The first-order chi connectivity index (χ1) is 19.5. The molecule has 0 spiro atoms. The van der Waals surface area contributed by atoms with Crippen LogP contribution in [0.4, 0.5) is 11.4 Å².